The smallest absolute Gasteiger partial charge is 0.131 e. The summed E-state index contributed by atoms with van der Waals surface area (Å²) >= 11 is 0. The Kier molecular flexibility index (Phi) is 2.82. The predicted octanol–water partition coefficient (Wildman–Crippen LogP) is 4.06. The van der Waals surface area contributed by atoms with Crippen LogP contribution < -0.4 is 0 Å². The van der Waals surface area contributed by atoms with Gasteiger partial charge in [-0.1, -0.05) is 49.4 Å². The van der Waals surface area contributed by atoms with Crippen LogP contribution in [-0.4, -0.2) is 0 Å². The van der Waals surface area contributed by atoms with Gasteiger partial charge in [-0.3, -0.25) is 0 Å². The first-order valence-electron chi connectivity index (χ1n) is 4.95. The average molecular weight is 199 g/mol. The van der Waals surface area contributed by atoms with Gasteiger partial charge in [-0.15, -0.1) is 0 Å². The predicted molar refractivity (Wildman–Crippen MR) is 60.9 cm³/mol. The van der Waals surface area contributed by atoms with Gasteiger partial charge >= 0.3 is 0 Å². The van der Waals surface area contributed by atoms with E-state index >= 15 is 0 Å². The lowest BCUT2D eigenvalue weighted by Gasteiger charge is -2.04. The lowest BCUT2D eigenvalue weighted by molar-refractivity contribution is 0.630. The second kappa shape index (κ2) is 4.26. The molecule has 0 nitrogen and oxygen atoms in total. The first kappa shape index (κ1) is 9.91. The highest BCUT2D eigenvalue weighted by Crippen LogP contribution is 2.23. The number of halogens is 1. The molecule has 0 bridgehead atoms. The third-order valence-corrected chi connectivity index (χ3v) is 2.41. The Balaban J connectivity index is 2.46. The summed E-state index contributed by atoms with van der Waals surface area (Å²) in [4.78, 5) is 0. The van der Waals surface area contributed by atoms with Crippen LogP contribution in [0.5, 0.6) is 0 Å². The van der Waals surface area contributed by atoms with Crippen molar-refractivity contribution < 1.29 is 4.39 Å². The molecule has 1 heteroatoms. The van der Waals surface area contributed by atoms with E-state index in [-0.39, 0.29) is 5.82 Å². The topological polar surface area (TPSA) is 0 Å². The summed E-state index contributed by atoms with van der Waals surface area (Å²) in [6.45, 7) is 1.90. The minimum Gasteiger partial charge on any atom is -0.206 e. The van der Waals surface area contributed by atoms with E-state index in [9.17, 15) is 4.39 Å². The molecular weight excluding hydrogens is 187 g/mol. The summed E-state index contributed by atoms with van der Waals surface area (Å²) in [7, 11) is 0. The minimum atomic E-state index is -0.170. The molecule has 2 aromatic rings. The van der Waals surface area contributed by atoms with Gasteiger partial charge in [0.05, 0.1) is 0 Å². The van der Waals surface area contributed by atoms with E-state index in [1.54, 1.807) is 6.07 Å². The van der Waals surface area contributed by atoms with Gasteiger partial charge in [0, 0.05) is 5.56 Å². The molecule has 0 N–H and O–H groups in total. The van der Waals surface area contributed by atoms with Gasteiger partial charge in [0.25, 0.3) is 0 Å². The standard InChI is InChI=1S/C14H12F/c1-2-11-8-9-13(14(15)10-11)12-6-4-3-5-7-12/h2-10H,1H3. The molecule has 15 heavy (non-hydrogen) atoms. The molecule has 0 saturated heterocycles. The average Bonchev–Trinajstić information content (AvgIpc) is 2.30. The quantitative estimate of drug-likeness (QED) is 0.684. The molecule has 0 aliphatic carbocycles. The van der Waals surface area contributed by atoms with Crippen LogP contribution in [0.2, 0.25) is 0 Å². The van der Waals surface area contributed by atoms with E-state index in [4.69, 9.17) is 0 Å². The van der Waals surface area contributed by atoms with Gasteiger partial charge in [-0.05, 0) is 23.6 Å². The summed E-state index contributed by atoms with van der Waals surface area (Å²) in [6, 6.07) is 14.9. The van der Waals surface area contributed by atoms with Crippen LogP contribution in [0.25, 0.3) is 11.1 Å². The van der Waals surface area contributed by atoms with Crippen molar-refractivity contribution in [2.45, 2.75) is 6.92 Å². The third-order valence-electron chi connectivity index (χ3n) is 2.41. The number of rotatable bonds is 2. The largest absolute Gasteiger partial charge is 0.206 e. The van der Waals surface area contributed by atoms with E-state index in [2.05, 4.69) is 0 Å². The van der Waals surface area contributed by atoms with Crippen LogP contribution in [0.1, 0.15) is 12.5 Å². The Morgan fingerprint density at radius 2 is 1.73 bits per heavy atom. The molecule has 0 spiro atoms. The molecule has 2 rings (SSSR count). The molecule has 0 aromatic heterocycles. The monoisotopic (exact) mass is 199 g/mol. The van der Waals surface area contributed by atoms with E-state index in [1.807, 2.05) is 55.8 Å². The fraction of sp³-hybridized carbons (Fsp3) is 0.0714. The van der Waals surface area contributed by atoms with Crippen LogP contribution >= 0.6 is 0 Å². The fourth-order valence-corrected chi connectivity index (χ4v) is 1.56. The minimum absolute atomic E-state index is 0.170. The highest BCUT2D eigenvalue weighted by atomic mass is 19.1. The molecule has 0 aliphatic heterocycles. The second-order valence-corrected chi connectivity index (χ2v) is 3.39. The summed E-state index contributed by atoms with van der Waals surface area (Å²) in [5.41, 5.74) is 2.48. The normalized spacial score (nSPS) is 10.3. The summed E-state index contributed by atoms with van der Waals surface area (Å²) in [5, 5.41) is 0. The van der Waals surface area contributed by atoms with Crippen molar-refractivity contribution in [2.24, 2.45) is 0 Å². The number of hydrogen-bond donors (Lipinski definition) is 0. The number of benzene rings is 2. The van der Waals surface area contributed by atoms with Crippen molar-refractivity contribution in [1.29, 1.82) is 0 Å². The van der Waals surface area contributed by atoms with Crippen molar-refractivity contribution in [1.82, 2.24) is 0 Å². The van der Waals surface area contributed by atoms with Gasteiger partial charge in [-0.25, -0.2) is 4.39 Å². The molecule has 2 aromatic carbocycles. The van der Waals surface area contributed by atoms with Crippen LogP contribution in [0.4, 0.5) is 4.39 Å². The summed E-state index contributed by atoms with van der Waals surface area (Å²) in [6.07, 6.45) is 1.89. The van der Waals surface area contributed by atoms with Crippen molar-refractivity contribution in [2.75, 3.05) is 0 Å². The molecular formula is C14H12F. The molecule has 0 saturated carbocycles. The zero-order chi connectivity index (χ0) is 10.7. The maximum Gasteiger partial charge on any atom is 0.131 e. The number of hydrogen-bond acceptors (Lipinski definition) is 0. The van der Waals surface area contributed by atoms with Gasteiger partial charge in [0.1, 0.15) is 5.82 Å². The highest BCUT2D eigenvalue weighted by Gasteiger charge is 2.04. The van der Waals surface area contributed by atoms with Gasteiger partial charge in [0.2, 0.25) is 0 Å². The fourth-order valence-electron chi connectivity index (χ4n) is 1.56. The van der Waals surface area contributed by atoms with Crippen LogP contribution in [0.15, 0.2) is 48.5 Å². The molecule has 0 fully saturated rings. The second-order valence-electron chi connectivity index (χ2n) is 3.39. The molecule has 0 amide bonds. The SMILES string of the molecule is C[CH]c1ccc(-c2ccccc2)c(F)c1. The van der Waals surface area contributed by atoms with Crippen LogP contribution in [0.3, 0.4) is 0 Å². The van der Waals surface area contributed by atoms with Crippen LogP contribution in [-0.2, 0) is 0 Å². The zero-order valence-electron chi connectivity index (χ0n) is 8.57. The maximum atomic E-state index is 13.7. The Hall–Kier alpha value is -1.63. The Morgan fingerprint density at radius 3 is 2.33 bits per heavy atom. The molecule has 0 atom stereocenters. The summed E-state index contributed by atoms with van der Waals surface area (Å²) in [5.74, 6) is -0.170. The Labute approximate surface area is 89.4 Å². The van der Waals surface area contributed by atoms with Crippen molar-refractivity contribution >= 4 is 0 Å². The molecule has 0 heterocycles. The van der Waals surface area contributed by atoms with E-state index in [1.165, 1.54) is 0 Å². The molecule has 0 unspecified atom stereocenters. The first-order valence-corrected chi connectivity index (χ1v) is 4.95. The van der Waals surface area contributed by atoms with E-state index in [0.717, 1.165) is 11.1 Å². The van der Waals surface area contributed by atoms with Crippen molar-refractivity contribution in [3.8, 4) is 11.1 Å². The highest BCUT2D eigenvalue weighted by molar-refractivity contribution is 5.64. The molecule has 75 valence electrons. The Morgan fingerprint density at radius 1 is 1.00 bits per heavy atom. The molecule has 1 radical (unpaired) electrons. The van der Waals surface area contributed by atoms with E-state index in [0.29, 0.717) is 5.56 Å². The lowest BCUT2D eigenvalue weighted by Crippen LogP contribution is -1.86. The van der Waals surface area contributed by atoms with Gasteiger partial charge in [0.15, 0.2) is 0 Å². The summed E-state index contributed by atoms with van der Waals surface area (Å²) < 4.78 is 13.7. The van der Waals surface area contributed by atoms with Crippen molar-refractivity contribution in [3.63, 3.8) is 0 Å². The maximum absolute atomic E-state index is 13.7. The third kappa shape index (κ3) is 2.07. The van der Waals surface area contributed by atoms with Crippen LogP contribution in [0, 0.1) is 12.2 Å². The Bertz CT molecular complexity index is 446. The van der Waals surface area contributed by atoms with Gasteiger partial charge in [-0.2, -0.15) is 0 Å². The van der Waals surface area contributed by atoms with Gasteiger partial charge < -0.3 is 0 Å². The van der Waals surface area contributed by atoms with Crippen molar-refractivity contribution in [3.05, 3.63) is 66.3 Å². The first-order chi connectivity index (χ1) is 7.31. The zero-order valence-corrected chi connectivity index (χ0v) is 8.57. The molecule has 0 aliphatic rings. The lowest BCUT2D eigenvalue weighted by atomic mass is 10.0. The van der Waals surface area contributed by atoms with E-state index < -0.39 is 0 Å².